The van der Waals surface area contributed by atoms with Gasteiger partial charge in [0.2, 0.25) is 0 Å². The average molecular weight is 335 g/mol. The molecule has 0 aliphatic rings. The maximum absolute atomic E-state index is 12.1. The van der Waals surface area contributed by atoms with Gasteiger partial charge in [-0.1, -0.05) is 116 Å². The van der Waals surface area contributed by atoms with E-state index < -0.39 is 9.46 Å². The van der Waals surface area contributed by atoms with E-state index in [4.69, 9.17) is 0 Å². The van der Waals surface area contributed by atoms with Crippen molar-refractivity contribution in [2.45, 2.75) is 122 Å². The Balaban J connectivity index is 2.94. The molecule has 3 heteroatoms. The third-order valence-electron chi connectivity index (χ3n) is 4.53. The summed E-state index contributed by atoms with van der Waals surface area (Å²) in [6.07, 6.45) is 22.4. The highest BCUT2D eigenvalue weighted by molar-refractivity contribution is 6.42. The summed E-state index contributed by atoms with van der Waals surface area (Å²) in [6.45, 7) is 2.27. The zero-order valence-electron chi connectivity index (χ0n) is 15.1. The first kappa shape index (κ1) is 22.1. The monoisotopic (exact) mass is 334 g/mol. The molecule has 134 valence electrons. The van der Waals surface area contributed by atoms with E-state index in [2.05, 4.69) is 6.92 Å². The topological polar surface area (TPSA) is 0 Å². The smallest absolute Gasteiger partial charge is 0.275 e. The van der Waals surface area contributed by atoms with Crippen LogP contribution in [0.5, 0.6) is 0 Å². The minimum Gasteiger partial charge on any atom is -0.275 e. The van der Waals surface area contributed by atoms with Gasteiger partial charge in [0.15, 0.2) is 0 Å². The van der Waals surface area contributed by atoms with Crippen molar-refractivity contribution in [3.8, 4) is 0 Å². The van der Waals surface area contributed by atoms with Gasteiger partial charge in [-0.15, -0.1) is 0 Å². The zero-order chi connectivity index (χ0) is 16.3. The fraction of sp³-hybridized carbons (Fsp3) is 1.00. The van der Waals surface area contributed by atoms with Crippen LogP contribution < -0.4 is 0 Å². The van der Waals surface area contributed by atoms with Gasteiger partial charge in [0.25, 0.3) is 0 Å². The quantitative estimate of drug-likeness (QED) is 0.136. The van der Waals surface area contributed by atoms with Gasteiger partial charge in [-0.25, -0.2) is 0 Å². The number of hydrogen-bond acceptors (Lipinski definition) is 0. The molecule has 0 spiro atoms. The molecule has 22 heavy (non-hydrogen) atoms. The Bertz CT molecular complexity index is 198. The number of rotatable bonds is 18. The van der Waals surface area contributed by atoms with Crippen LogP contribution in [-0.4, -0.2) is 9.46 Å². The summed E-state index contributed by atoms with van der Waals surface area (Å²) in [4.78, 5) is 0. The van der Waals surface area contributed by atoms with Crippen LogP contribution in [0.15, 0.2) is 0 Å². The lowest BCUT2D eigenvalue weighted by Crippen LogP contribution is -1.94. The SMILES string of the molecule is CCCCCCCCCCCCCCCCCCC[SiH](F)F. The van der Waals surface area contributed by atoms with Gasteiger partial charge in [0.1, 0.15) is 0 Å². The molecular weight excluding hydrogens is 294 g/mol. The van der Waals surface area contributed by atoms with Gasteiger partial charge in [0.05, 0.1) is 0 Å². The van der Waals surface area contributed by atoms with Crippen molar-refractivity contribution in [1.82, 2.24) is 0 Å². The van der Waals surface area contributed by atoms with Gasteiger partial charge in [0, 0.05) is 0 Å². The third-order valence-corrected chi connectivity index (χ3v) is 5.37. The Kier molecular flexibility index (Phi) is 19.2. The lowest BCUT2D eigenvalue weighted by atomic mass is 10.0. The van der Waals surface area contributed by atoms with Crippen molar-refractivity contribution in [1.29, 1.82) is 0 Å². The predicted octanol–water partition coefficient (Wildman–Crippen LogP) is 7.80. The summed E-state index contributed by atoms with van der Waals surface area (Å²) in [7, 11) is -3.27. The predicted molar refractivity (Wildman–Crippen MR) is 98.3 cm³/mol. The van der Waals surface area contributed by atoms with Gasteiger partial charge >= 0.3 is 9.46 Å². The molecule has 0 N–H and O–H groups in total. The summed E-state index contributed by atoms with van der Waals surface area (Å²) in [5.41, 5.74) is 0. The van der Waals surface area contributed by atoms with Crippen molar-refractivity contribution < 1.29 is 8.22 Å². The Morgan fingerprint density at radius 2 is 0.727 bits per heavy atom. The lowest BCUT2D eigenvalue weighted by Gasteiger charge is -2.03. The van der Waals surface area contributed by atoms with E-state index in [9.17, 15) is 8.22 Å². The first-order chi connectivity index (χ1) is 10.8. The van der Waals surface area contributed by atoms with Crippen molar-refractivity contribution in [3.63, 3.8) is 0 Å². The molecule has 0 rings (SSSR count). The second-order valence-corrected chi connectivity index (χ2v) is 8.20. The Labute approximate surface area is 140 Å². The number of unbranched alkanes of at least 4 members (excludes halogenated alkanes) is 16. The molecule has 0 aliphatic carbocycles. The van der Waals surface area contributed by atoms with Gasteiger partial charge in [-0.2, -0.15) is 0 Å². The average Bonchev–Trinajstić information content (AvgIpc) is 2.50. The fourth-order valence-electron chi connectivity index (χ4n) is 3.02. The van der Waals surface area contributed by atoms with Crippen LogP contribution in [0.25, 0.3) is 0 Å². The van der Waals surface area contributed by atoms with Crippen LogP contribution in [0.4, 0.5) is 8.22 Å². The number of halogens is 2. The summed E-state index contributed by atoms with van der Waals surface area (Å²) < 4.78 is 24.1. The maximum Gasteiger partial charge on any atom is 0.411 e. The van der Waals surface area contributed by atoms with Crippen LogP contribution in [0, 0.1) is 0 Å². The van der Waals surface area contributed by atoms with Crippen molar-refractivity contribution in [2.24, 2.45) is 0 Å². The van der Waals surface area contributed by atoms with Crippen LogP contribution in [0.2, 0.25) is 6.04 Å². The molecular formula is C19H40F2Si. The third kappa shape index (κ3) is 20.1. The molecule has 0 atom stereocenters. The second-order valence-electron chi connectivity index (χ2n) is 6.84. The minimum absolute atomic E-state index is 0.235. The molecule has 0 radical (unpaired) electrons. The molecule has 0 heterocycles. The van der Waals surface area contributed by atoms with E-state index in [-0.39, 0.29) is 6.04 Å². The molecule has 0 unspecified atom stereocenters. The normalized spacial score (nSPS) is 11.5. The summed E-state index contributed by atoms with van der Waals surface area (Å²) in [6, 6.07) is 0.235. The Morgan fingerprint density at radius 3 is 1.00 bits per heavy atom. The van der Waals surface area contributed by atoms with Crippen molar-refractivity contribution in [3.05, 3.63) is 0 Å². The summed E-state index contributed by atoms with van der Waals surface area (Å²) in [5, 5.41) is 0. The molecule has 0 fully saturated rings. The largest absolute Gasteiger partial charge is 0.411 e. The summed E-state index contributed by atoms with van der Waals surface area (Å²) >= 11 is 0. The highest BCUT2D eigenvalue weighted by Crippen LogP contribution is 2.14. The number of hydrogen-bond donors (Lipinski definition) is 0. The van der Waals surface area contributed by atoms with Crippen LogP contribution in [-0.2, 0) is 0 Å². The first-order valence-corrected chi connectivity index (χ1v) is 11.7. The van der Waals surface area contributed by atoms with Gasteiger partial charge in [-0.3, -0.25) is 8.22 Å². The molecule has 0 saturated carbocycles. The highest BCUT2D eigenvalue weighted by Gasteiger charge is 2.05. The van der Waals surface area contributed by atoms with E-state index in [1.54, 1.807) is 0 Å². The first-order valence-electron chi connectivity index (χ1n) is 10.1. The molecule has 0 aliphatic heterocycles. The fourth-order valence-corrected chi connectivity index (χ4v) is 3.62. The molecule has 0 saturated heterocycles. The molecule has 0 nitrogen and oxygen atoms in total. The van der Waals surface area contributed by atoms with E-state index in [1.165, 1.54) is 96.3 Å². The van der Waals surface area contributed by atoms with E-state index >= 15 is 0 Å². The highest BCUT2D eigenvalue weighted by atomic mass is 28.4. The van der Waals surface area contributed by atoms with Gasteiger partial charge in [-0.05, 0) is 6.04 Å². The summed E-state index contributed by atoms with van der Waals surface area (Å²) in [5.74, 6) is 0. The zero-order valence-corrected chi connectivity index (χ0v) is 16.2. The van der Waals surface area contributed by atoms with Crippen LogP contribution in [0.3, 0.4) is 0 Å². The molecule has 0 aromatic rings. The maximum atomic E-state index is 12.1. The molecule has 0 aromatic heterocycles. The molecule has 0 amide bonds. The standard InChI is InChI=1S/C19H40F2Si/c1-2-3-4-5-6-7-8-9-10-11-12-13-14-15-16-17-18-19-22(20)21/h22H,2-19H2,1H3. The van der Waals surface area contributed by atoms with E-state index in [1.807, 2.05) is 0 Å². The van der Waals surface area contributed by atoms with Crippen molar-refractivity contribution >= 4 is 9.46 Å². The van der Waals surface area contributed by atoms with Crippen LogP contribution >= 0.6 is 0 Å². The van der Waals surface area contributed by atoms with E-state index in [0.29, 0.717) is 0 Å². The van der Waals surface area contributed by atoms with E-state index in [0.717, 1.165) is 12.8 Å². The molecule has 0 bridgehead atoms. The Morgan fingerprint density at radius 1 is 0.455 bits per heavy atom. The lowest BCUT2D eigenvalue weighted by molar-refractivity contribution is 0.527. The minimum atomic E-state index is -3.27. The van der Waals surface area contributed by atoms with Crippen molar-refractivity contribution in [2.75, 3.05) is 0 Å². The molecule has 0 aromatic carbocycles. The van der Waals surface area contributed by atoms with Gasteiger partial charge < -0.3 is 0 Å². The second kappa shape index (κ2) is 19.1. The Hall–Kier alpha value is 0.0769. The van der Waals surface area contributed by atoms with Crippen LogP contribution in [0.1, 0.15) is 116 Å².